The molecule has 2 aromatic heterocycles. The van der Waals surface area contributed by atoms with Gasteiger partial charge in [-0.2, -0.15) is 10.1 Å². The lowest BCUT2D eigenvalue weighted by molar-refractivity contribution is 0.387. The normalized spacial score (nSPS) is 11.2. The Morgan fingerprint density at radius 1 is 1.15 bits per heavy atom. The van der Waals surface area contributed by atoms with Crippen LogP contribution in [0.4, 0.5) is 0 Å². The minimum absolute atomic E-state index is 0. The second kappa shape index (κ2) is 9.49. The van der Waals surface area contributed by atoms with Gasteiger partial charge in [-0.05, 0) is 31.5 Å². The van der Waals surface area contributed by atoms with E-state index >= 15 is 0 Å². The lowest BCUT2D eigenvalue weighted by Gasteiger charge is -2.14. The quantitative estimate of drug-likeness (QED) is 0.331. The minimum atomic E-state index is 0. The maximum Gasteiger partial charge on any atom is 0.223 e. The minimum Gasteiger partial charge on any atom is -0.352 e. The largest absolute Gasteiger partial charge is 0.352 e. The number of nitrogens with zero attached hydrogens (tertiary/aromatic N) is 5. The van der Waals surface area contributed by atoms with Crippen LogP contribution in [0.5, 0.6) is 0 Å². The number of aliphatic imine (C=N–C) groups is 1. The third-order valence-electron chi connectivity index (χ3n) is 3.88. The highest BCUT2D eigenvalue weighted by Gasteiger charge is 2.09. The summed E-state index contributed by atoms with van der Waals surface area (Å²) in [5.41, 5.74) is 4.27. The number of rotatable bonds is 5. The molecule has 0 aliphatic carbocycles. The number of aryl methyl sites for hydroxylation is 3. The summed E-state index contributed by atoms with van der Waals surface area (Å²) in [4.78, 5) is 8.40. The second-order valence-corrected chi connectivity index (χ2v) is 5.98. The molecule has 3 aromatic rings. The number of hydrogen-bond donors (Lipinski definition) is 2. The molecule has 0 amide bonds. The smallest absolute Gasteiger partial charge is 0.223 e. The summed E-state index contributed by atoms with van der Waals surface area (Å²) in [5, 5.41) is 14.9. The Kier molecular flexibility index (Phi) is 7.34. The van der Waals surface area contributed by atoms with Gasteiger partial charge in [0.2, 0.25) is 5.89 Å². The van der Waals surface area contributed by atoms with Crippen molar-refractivity contribution in [3.8, 4) is 5.69 Å². The summed E-state index contributed by atoms with van der Waals surface area (Å²) in [7, 11) is 1.73. The van der Waals surface area contributed by atoms with Crippen LogP contribution in [0.3, 0.4) is 0 Å². The van der Waals surface area contributed by atoms with E-state index in [1.54, 1.807) is 14.0 Å². The Morgan fingerprint density at radius 2 is 1.89 bits per heavy atom. The molecule has 3 rings (SSSR count). The molecule has 27 heavy (non-hydrogen) atoms. The molecular weight excluding hydrogens is 457 g/mol. The summed E-state index contributed by atoms with van der Waals surface area (Å²) < 4.78 is 6.93. The first-order valence-corrected chi connectivity index (χ1v) is 8.42. The predicted molar refractivity (Wildman–Crippen MR) is 115 cm³/mol. The molecule has 0 unspecified atom stereocenters. The molecule has 0 spiro atoms. The van der Waals surface area contributed by atoms with Crippen molar-refractivity contribution in [2.24, 2.45) is 4.99 Å². The molecule has 0 atom stereocenters. The van der Waals surface area contributed by atoms with Gasteiger partial charge in [-0.25, -0.2) is 4.68 Å². The SMILES string of the molecule is CN=C(NCc1noc(C)n1)NCc1ccccc1-n1nc(C)cc1C.I. The van der Waals surface area contributed by atoms with Gasteiger partial charge < -0.3 is 15.2 Å². The molecule has 0 saturated carbocycles. The monoisotopic (exact) mass is 481 g/mol. The highest BCUT2D eigenvalue weighted by Crippen LogP contribution is 2.16. The van der Waals surface area contributed by atoms with Crippen molar-refractivity contribution in [3.05, 3.63) is 59.0 Å². The van der Waals surface area contributed by atoms with E-state index in [4.69, 9.17) is 4.52 Å². The van der Waals surface area contributed by atoms with Gasteiger partial charge in [-0.15, -0.1) is 24.0 Å². The Labute approximate surface area is 175 Å². The molecule has 0 fully saturated rings. The van der Waals surface area contributed by atoms with Crippen LogP contribution in [0.25, 0.3) is 5.69 Å². The standard InChI is InChI=1S/C18H23N7O.HI/c1-12-9-13(2)25(23-12)16-8-6-5-7-15(16)10-20-18(19-4)21-11-17-22-14(3)26-24-17;/h5-9H,10-11H2,1-4H3,(H2,19,20,21);1H. The maximum absolute atomic E-state index is 4.97. The molecule has 1 aromatic carbocycles. The van der Waals surface area contributed by atoms with Crippen LogP contribution in [0.15, 0.2) is 39.8 Å². The van der Waals surface area contributed by atoms with Crippen LogP contribution in [-0.2, 0) is 13.1 Å². The fourth-order valence-corrected chi connectivity index (χ4v) is 2.72. The van der Waals surface area contributed by atoms with E-state index in [1.165, 1.54) is 0 Å². The van der Waals surface area contributed by atoms with Crippen molar-refractivity contribution in [2.75, 3.05) is 7.05 Å². The molecule has 0 radical (unpaired) electrons. The Balaban J connectivity index is 0.00000261. The highest BCUT2D eigenvalue weighted by atomic mass is 127. The van der Waals surface area contributed by atoms with Gasteiger partial charge in [-0.3, -0.25) is 4.99 Å². The first-order chi connectivity index (χ1) is 12.6. The number of nitrogens with one attached hydrogen (secondary N) is 2. The third-order valence-corrected chi connectivity index (χ3v) is 3.88. The molecule has 2 N–H and O–H groups in total. The first-order valence-electron chi connectivity index (χ1n) is 8.42. The van der Waals surface area contributed by atoms with Crippen LogP contribution in [0.1, 0.15) is 28.7 Å². The third kappa shape index (κ3) is 5.28. The average Bonchev–Trinajstić information content (AvgIpc) is 3.20. The fraction of sp³-hybridized carbons (Fsp3) is 0.333. The number of aromatic nitrogens is 4. The molecule has 8 nitrogen and oxygen atoms in total. The van der Waals surface area contributed by atoms with Crippen LogP contribution >= 0.6 is 24.0 Å². The molecule has 0 bridgehead atoms. The van der Waals surface area contributed by atoms with Crippen molar-refractivity contribution in [3.63, 3.8) is 0 Å². The van der Waals surface area contributed by atoms with Crippen molar-refractivity contribution >= 4 is 29.9 Å². The van der Waals surface area contributed by atoms with E-state index in [9.17, 15) is 0 Å². The zero-order valence-corrected chi connectivity index (χ0v) is 18.2. The van der Waals surface area contributed by atoms with Crippen molar-refractivity contribution in [1.29, 1.82) is 0 Å². The molecule has 144 valence electrons. The Hall–Kier alpha value is -2.43. The van der Waals surface area contributed by atoms with E-state index in [2.05, 4.69) is 56.0 Å². The van der Waals surface area contributed by atoms with Gasteiger partial charge >= 0.3 is 0 Å². The van der Waals surface area contributed by atoms with Crippen molar-refractivity contribution in [2.45, 2.75) is 33.9 Å². The van der Waals surface area contributed by atoms with Gasteiger partial charge in [0.15, 0.2) is 11.8 Å². The van der Waals surface area contributed by atoms with Crippen molar-refractivity contribution < 1.29 is 4.52 Å². The van der Waals surface area contributed by atoms with E-state index in [0.717, 1.165) is 22.6 Å². The number of para-hydroxylation sites is 1. The summed E-state index contributed by atoms with van der Waals surface area (Å²) in [6.07, 6.45) is 0. The molecule has 2 heterocycles. The fourth-order valence-electron chi connectivity index (χ4n) is 2.72. The maximum atomic E-state index is 4.97. The summed E-state index contributed by atoms with van der Waals surface area (Å²) in [6, 6.07) is 10.2. The van der Waals surface area contributed by atoms with E-state index in [1.807, 2.05) is 23.7 Å². The molecule has 0 aliphatic rings. The predicted octanol–water partition coefficient (Wildman–Crippen LogP) is 2.66. The van der Waals surface area contributed by atoms with Crippen LogP contribution in [0, 0.1) is 20.8 Å². The highest BCUT2D eigenvalue weighted by molar-refractivity contribution is 14.0. The average molecular weight is 481 g/mol. The van der Waals surface area contributed by atoms with Gasteiger partial charge in [0, 0.05) is 26.2 Å². The zero-order valence-electron chi connectivity index (χ0n) is 15.9. The van der Waals surface area contributed by atoms with E-state index in [-0.39, 0.29) is 24.0 Å². The van der Waals surface area contributed by atoms with Gasteiger partial charge in [-0.1, -0.05) is 23.4 Å². The van der Waals surface area contributed by atoms with E-state index in [0.29, 0.717) is 30.8 Å². The number of benzene rings is 1. The van der Waals surface area contributed by atoms with Crippen LogP contribution < -0.4 is 10.6 Å². The van der Waals surface area contributed by atoms with Crippen molar-refractivity contribution in [1.82, 2.24) is 30.6 Å². The number of hydrogen-bond acceptors (Lipinski definition) is 5. The molecule has 0 aliphatic heterocycles. The Bertz CT molecular complexity index is 916. The first kappa shape index (κ1) is 20.9. The van der Waals surface area contributed by atoms with Crippen LogP contribution in [-0.4, -0.2) is 32.9 Å². The number of halogens is 1. The van der Waals surface area contributed by atoms with Gasteiger partial charge in [0.1, 0.15) is 0 Å². The van der Waals surface area contributed by atoms with E-state index < -0.39 is 0 Å². The zero-order chi connectivity index (χ0) is 18.5. The molecular formula is C18H24IN7O. The van der Waals surface area contributed by atoms with Gasteiger partial charge in [0.25, 0.3) is 0 Å². The molecule has 9 heteroatoms. The topological polar surface area (TPSA) is 93.2 Å². The summed E-state index contributed by atoms with van der Waals surface area (Å²) >= 11 is 0. The lowest BCUT2D eigenvalue weighted by atomic mass is 10.1. The summed E-state index contributed by atoms with van der Waals surface area (Å²) in [5.74, 6) is 1.80. The lowest BCUT2D eigenvalue weighted by Crippen LogP contribution is -2.36. The molecule has 0 saturated heterocycles. The Morgan fingerprint density at radius 3 is 2.52 bits per heavy atom. The number of guanidine groups is 1. The van der Waals surface area contributed by atoms with Crippen LogP contribution in [0.2, 0.25) is 0 Å². The summed E-state index contributed by atoms with van der Waals surface area (Å²) in [6.45, 7) is 6.86. The van der Waals surface area contributed by atoms with Gasteiger partial charge in [0.05, 0.1) is 17.9 Å². The second-order valence-electron chi connectivity index (χ2n) is 5.98.